The van der Waals surface area contributed by atoms with Crippen molar-refractivity contribution in [2.45, 2.75) is 19.1 Å². The van der Waals surface area contributed by atoms with Crippen LogP contribution < -0.4 is 9.80 Å². The largest absolute Gasteiger partial charge is 0.462 e. The molecule has 0 unspecified atom stereocenters. The predicted octanol–water partition coefficient (Wildman–Crippen LogP) is 2.86. The summed E-state index contributed by atoms with van der Waals surface area (Å²) < 4.78 is 40.6. The number of carbonyl (C=O) groups excluding carboxylic acids is 3. The number of benzene rings is 2. The van der Waals surface area contributed by atoms with Crippen LogP contribution in [0.2, 0.25) is 0 Å². The van der Waals surface area contributed by atoms with E-state index < -0.39 is 42.0 Å². The van der Waals surface area contributed by atoms with E-state index in [0.717, 1.165) is 0 Å². The van der Waals surface area contributed by atoms with Gasteiger partial charge in [-0.25, -0.2) is 18.4 Å². The maximum absolute atomic E-state index is 13.1. The fraction of sp³-hybridized carbons (Fsp3) is 0.318. The summed E-state index contributed by atoms with van der Waals surface area (Å²) in [5.74, 6) is -1.27. The molecule has 0 spiro atoms. The summed E-state index contributed by atoms with van der Waals surface area (Å²) >= 11 is 0. The third kappa shape index (κ3) is 6.39. The van der Waals surface area contributed by atoms with Crippen molar-refractivity contribution in [1.29, 1.82) is 0 Å². The van der Waals surface area contributed by atoms with Gasteiger partial charge in [0.05, 0.1) is 31.1 Å². The van der Waals surface area contributed by atoms with Crippen molar-refractivity contribution in [3.63, 3.8) is 0 Å². The van der Waals surface area contributed by atoms with Gasteiger partial charge in [-0.1, -0.05) is 12.1 Å². The molecule has 9 nitrogen and oxygen atoms in total. The number of carbonyl (C=O) groups is 3. The molecule has 2 aromatic carbocycles. The predicted molar refractivity (Wildman–Crippen MR) is 112 cm³/mol. The van der Waals surface area contributed by atoms with E-state index in [-0.39, 0.29) is 26.3 Å². The number of aliphatic hydroxyl groups excluding tert-OH is 1. The number of hydrogen-bond acceptors (Lipinski definition) is 7. The van der Waals surface area contributed by atoms with E-state index in [1.54, 1.807) is 12.1 Å². The molecule has 2 atom stereocenters. The maximum Gasteiger partial charge on any atom is 0.414 e. The molecule has 2 heterocycles. The van der Waals surface area contributed by atoms with Crippen molar-refractivity contribution in [2.24, 2.45) is 0 Å². The van der Waals surface area contributed by atoms with E-state index in [1.165, 1.54) is 53.1 Å². The van der Waals surface area contributed by atoms with Gasteiger partial charge in [-0.2, -0.15) is 0 Å². The standard InChI is InChI=1S/C12H12FNO4.C10H10FNO3/c1-8(15)17-7-11-6-14(12(16)18-11)10-4-2-3-9(13)5-10;11-7-2-1-3-8(4-7)12-5-9(6-13)15-10(12)14/h2-5,11H,6-7H2,1H3;1-4,9,13H,5-6H2/t11-;9-/m11/s1. The van der Waals surface area contributed by atoms with Crippen LogP contribution >= 0.6 is 0 Å². The highest BCUT2D eigenvalue weighted by Gasteiger charge is 2.33. The normalized spacial score (nSPS) is 19.5. The number of esters is 1. The Balaban J connectivity index is 0.000000189. The molecule has 1 N–H and O–H groups in total. The topological polar surface area (TPSA) is 106 Å². The van der Waals surface area contributed by atoms with Gasteiger partial charge < -0.3 is 19.3 Å². The molecule has 2 aromatic rings. The van der Waals surface area contributed by atoms with Gasteiger partial charge in [0.2, 0.25) is 0 Å². The van der Waals surface area contributed by atoms with Gasteiger partial charge in [0.25, 0.3) is 0 Å². The number of cyclic esters (lactones) is 2. The highest BCUT2D eigenvalue weighted by atomic mass is 19.1. The summed E-state index contributed by atoms with van der Waals surface area (Å²) in [6, 6.07) is 11.3. The van der Waals surface area contributed by atoms with Crippen LogP contribution in [0.25, 0.3) is 0 Å². The Bertz CT molecular complexity index is 1020. The number of amides is 2. The minimum atomic E-state index is -0.572. The number of halogens is 2. The molecule has 2 fully saturated rings. The first kappa shape index (κ1) is 23.9. The van der Waals surface area contributed by atoms with Crippen LogP contribution in [0.1, 0.15) is 6.92 Å². The molecular formula is C22H22F2N2O7. The molecule has 2 aliphatic heterocycles. The Hall–Kier alpha value is -3.73. The number of anilines is 2. The zero-order valence-corrected chi connectivity index (χ0v) is 17.6. The van der Waals surface area contributed by atoms with E-state index in [4.69, 9.17) is 19.3 Å². The molecule has 2 amide bonds. The molecule has 11 heteroatoms. The van der Waals surface area contributed by atoms with E-state index in [0.29, 0.717) is 11.4 Å². The summed E-state index contributed by atoms with van der Waals surface area (Å²) in [7, 11) is 0. The quantitative estimate of drug-likeness (QED) is 0.536. The highest BCUT2D eigenvalue weighted by molar-refractivity contribution is 5.90. The summed E-state index contributed by atoms with van der Waals surface area (Å²) in [6.07, 6.45) is -2.18. The van der Waals surface area contributed by atoms with E-state index in [1.807, 2.05) is 0 Å². The second-order valence-corrected chi connectivity index (χ2v) is 7.18. The SMILES string of the molecule is CC(=O)OC[C@H]1CN(c2cccc(F)c2)C(=O)O1.O=C1O[C@@H](CO)CN1c1cccc(F)c1. The third-order valence-corrected chi connectivity index (χ3v) is 4.66. The van der Waals surface area contributed by atoms with Gasteiger partial charge in [-0.05, 0) is 36.4 Å². The first-order valence-corrected chi connectivity index (χ1v) is 9.98. The van der Waals surface area contributed by atoms with E-state index in [2.05, 4.69) is 0 Å². The van der Waals surface area contributed by atoms with Gasteiger partial charge in [0.1, 0.15) is 24.3 Å². The summed E-state index contributed by atoms with van der Waals surface area (Å²) in [5.41, 5.74) is 0.862. The van der Waals surface area contributed by atoms with E-state index in [9.17, 15) is 23.2 Å². The van der Waals surface area contributed by atoms with Crippen LogP contribution in [0.5, 0.6) is 0 Å². The minimum absolute atomic E-state index is 0.00683. The first-order valence-electron chi connectivity index (χ1n) is 9.98. The maximum atomic E-state index is 13.1. The molecule has 0 saturated carbocycles. The highest BCUT2D eigenvalue weighted by Crippen LogP contribution is 2.23. The fourth-order valence-corrected chi connectivity index (χ4v) is 3.14. The number of rotatable bonds is 5. The van der Waals surface area contributed by atoms with Crippen molar-refractivity contribution in [3.05, 3.63) is 60.2 Å². The van der Waals surface area contributed by atoms with Crippen LogP contribution in [0.15, 0.2) is 48.5 Å². The Labute approximate surface area is 188 Å². The molecule has 0 aliphatic carbocycles. The zero-order valence-electron chi connectivity index (χ0n) is 17.6. The molecule has 33 heavy (non-hydrogen) atoms. The lowest BCUT2D eigenvalue weighted by Crippen LogP contribution is -2.26. The van der Waals surface area contributed by atoms with Crippen molar-refractivity contribution >= 4 is 29.5 Å². The summed E-state index contributed by atoms with van der Waals surface area (Å²) in [4.78, 5) is 36.2. The fourth-order valence-electron chi connectivity index (χ4n) is 3.14. The molecule has 0 aromatic heterocycles. The minimum Gasteiger partial charge on any atom is -0.462 e. The molecule has 2 saturated heterocycles. The van der Waals surface area contributed by atoms with E-state index >= 15 is 0 Å². The van der Waals surface area contributed by atoms with Crippen molar-refractivity contribution in [1.82, 2.24) is 0 Å². The molecule has 176 valence electrons. The number of ether oxygens (including phenoxy) is 3. The van der Waals surface area contributed by atoms with Crippen LogP contribution in [0, 0.1) is 11.6 Å². The van der Waals surface area contributed by atoms with Crippen LogP contribution in [-0.4, -0.2) is 61.8 Å². The smallest absolute Gasteiger partial charge is 0.414 e. The Morgan fingerprint density at radius 3 is 1.88 bits per heavy atom. The van der Waals surface area contributed by atoms with Crippen LogP contribution in [0.3, 0.4) is 0 Å². The van der Waals surface area contributed by atoms with Crippen LogP contribution in [0.4, 0.5) is 29.7 Å². The zero-order chi connectivity index (χ0) is 24.0. The third-order valence-electron chi connectivity index (χ3n) is 4.66. The lowest BCUT2D eigenvalue weighted by atomic mass is 10.2. The Kier molecular flexibility index (Phi) is 7.78. The molecule has 4 rings (SSSR count). The van der Waals surface area contributed by atoms with Crippen molar-refractivity contribution in [2.75, 3.05) is 36.1 Å². The molecular weight excluding hydrogens is 442 g/mol. The Morgan fingerprint density at radius 2 is 1.45 bits per heavy atom. The van der Waals surface area contributed by atoms with Crippen molar-refractivity contribution < 1.29 is 42.5 Å². The lowest BCUT2D eigenvalue weighted by Gasteiger charge is -2.12. The molecule has 2 aliphatic rings. The van der Waals surface area contributed by atoms with Crippen LogP contribution in [-0.2, 0) is 19.0 Å². The monoisotopic (exact) mass is 464 g/mol. The van der Waals surface area contributed by atoms with Gasteiger partial charge in [-0.3, -0.25) is 14.6 Å². The average molecular weight is 464 g/mol. The van der Waals surface area contributed by atoms with Gasteiger partial charge in [0, 0.05) is 6.92 Å². The number of aliphatic hydroxyl groups is 1. The second-order valence-electron chi connectivity index (χ2n) is 7.18. The molecule has 0 bridgehead atoms. The average Bonchev–Trinajstić information content (AvgIpc) is 3.35. The summed E-state index contributed by atoms with van der Waals surface area (Å²) in [5, 5.41) is 8.83. The molecule has 0 radical (unpaired) electrons. The lowest BCUT2D eigenvalue weighted by molar-refractivity contribution is -0.143. The van der Waals surface area contributed by atoms with Gasteiger partial charge >= 0.3 is 18.2 Å². The van der Waals surface area contributed by atoms with Gasteiger partial charge in [-0.15, -0.1) is 0 Å². The van der Waals surface area contributed by atoms with Gasteiger partial charge in [0.15, 0.2) is 6.10 Å². The second kappa shape index (κ2) is 10.7. The number of nitrogens with zero attached hydrogens (tertiary/aromatic N) is 2. The first-order chi connectivity index (χ1) is 15.8. The number of hydrogen-bond donors (Lipinski definition) is 1. The Morgan fingerprint density at radius 1 is 0.970 bits per heavy atom. The van der Waals surface area contributed by atoms with Crippen molar-refractivity contribution in [3.8, 4) is 0 Å². The summed E-state index contributed by atoms with van der Waals surface area (Å²) in [6.45, 7) is 1.54.